The number of hydrogen-bond acceptors (Lipinski definition) is 2. The van der Waals surface area contributed by atoms with Crippen molar-refractivity contribution in [2.45, 2.75) is 90.6 Å². The van der Waals surface area contributed by atoms with E-state index in [1.165, 1.54) is 32.1 Å². The fourth-order valence-corrected chi connectivity index (χ4v) is 7.74. The lowest BCUT2D eigenvalue weighted by Gasteiger charge is -2.61. The molecule has 2 heteroatoms. The van der Waals surface area contributed by atoms with Gasteiger partial charge in [0.1, 0.15) is 5.78 Å². The molecule has 0 bridgehead atoms. The van der Waals surface area contributed by atoms with Gasteiger partial charge < -0.3 is 5.11 Å². The summed E-state index contributed by atoms with van der Waals surface area (Å²) in [5.41, 5.74) is 0.102. The van der Waals surface area contributed by atoms with Crippen molar-refractivity contribution in [3.63, 3.8) is 0 Å². The molecule has 0 aromatic carbocycles. The fraction of sp³-hybridized carbons (Fsp3) is 0.952. The zero-order valence-corrected chi connectivity index (χ0v) is 15.2. The summed E-state index contributed by atoms with van der Waals surface area (Å²) in [6.45, 7) is 7.07. The lowest BCUT2D eigenvalue weighted by atomic mass is 9.44. The Balaban J connectivity index is 1.64. The number of aliphatic hydroxyl groups is 1. The van der Waals surface area contributed by atoms with E-state index >= 15 is 0 Å². The molecular formula is C21H34O2. The Bertz CT molecular complexity index is 514. The molecule has 130 valence electrons. The maximum absolute atomic E-state index is 11.9. The molecule has 0 aliphatic heterocycles. The van der Waals surface area contributed by atoms with Crippen molar-refractivity contribution in [1.82, 2.24) is 0 Å². The van der Waals surface area contributed by atoms with Crippen molar-refractivity contribution < 1.29 is 9.90 Å². The van der Waals surface area contributed by atoms with Gasteiger partial charge >= 0.3 is 0 Å². The summed E-state index contributed by atoms with van der Waals surface area (Å²) in [5, 5.41) is 11.2. The predicted molar refractivity (Wildman–Crippen MR) is 92.0 cm³/mol. The summed E-state index contributed by atoms with van der Waals surface area (Å²) in [6, 6.07) is 0. The molecule has 4 fully saturated rings. The molecule has 1 unspecified atom stereocenters. The highest BCUT2D eigenvalue weighted by Crippen LogP contribution is 2.68. The summed E-state index contributed by atoms with van der Waals surface area (Å²) < 4.78 is 0. The molecular weight excluding hydrogens is 284 g/mol. The van der Waals surface area contributed by atoms with Crippen LogP contribution in [0.1, 0.15) is 85.0 Å². The number of hydrogen-bond donors (Lipinski definition) is 1. The van der Waals surface area contributed by atoms with E-state index in [1.54, 1.807) is 0 Å². The van der Waals surface area contributed by atoms with Crippen LogP contribution in [0.25, 0.3) is 0 Å². The van der Waals surface area contributed by atoms with Gasteiger partial charge in [-0.1, -0.05) is 20.8 Å². The minimum atomic E-state index is -0.428. The van der Waals surface area contributed by atoms with E-state index in [-0.39, 0.29) is 5.41 Å². The van der Waals surface area contributed by atoms with Crippen LogP contribution in [0, 0.1) is 34.5 Å². The number of rotatable bonds is 1. The molecule has 4 aliphatic rings. The van der Waals surface area contributed by atoms with Crippen LogP contribution in [0.3, 0.4) is 0 Å². The molecule has 4 rings (SSSR count). The SMILES string of the molecule is CC[C@@]1(O)CC[C@H]2[C@@H]3CCC4CC(=O)CC[C@]4(C)[C@H]3CC[C@@]21C. The normalized spacial score (nSPS) is 55.9. The number of carbonyl (C=O) groups excluding carboxylic acids is 1. The Morgan fingerprint density at radius 1 is 1.04 bits per heavy atom. The van der Waals surface area contributed by atoms with Crippen molar-refractivity contribution in [3.05, 3.63) is 0 Å². The van der Waals surface area contributed by atoms with E-state index < -0.39 is 5.60 Å². The molecule has 4 aliphatic carbocycles. The first-order valence-electron chi connectivity index (χ1n) is 10.1. The molecule has 0 spiro atoms. The first kappa shape index (κ1) is 16.1. The molecule has 0 heterocycles. The number of ketones is 1. The monoisotopic (exact) mass is 318 g/mol. The van der Waals surface area contributed by atoms with Crippen LogP contribution in [0.15, 0.2) is 0 Å². The van der Waals surface area contributed by atoms with Crippen LogP contribution in [-0.2, 0) is 4.79 Å². The van der Waals surface area contributed by atoms with Crippen molar-refractivity contribution in [2.75, 3.05) is 0 Å². The first-order chi connectivity index (χ1) is 10.8. The first-order valence-corrected chi connectivity index (χ1v) is 10.1. The highest BCUT2D eigenvalue weighted by molar-refractivity contribution is 5.79. The Kier molecular flexibility index (Phi) is 3.55. The van der Waals surface area contributed by atoms with Gasteiger partial charge in [0.2, 0.25) is 0 Å². The molecule has 0 saturated heterocycles. The molecule has 2 nitrogen and oxygen atoms in total. The third-order valence-electron chi connectivity index (χ3n) is 9.39. The molecule has 0 aromatic heterocycles. The Morgan fingerprint density at radius 2 is 1.78 bits per heavy atom. The quantitative estimate of drug-likeness (QED) is 0.758. The second-order valence-corrected chi connectivity index (χ2v) is 9.78. The van der Waals surface area contributed by atoms with Gasteiger partial charge in [0.05, 0.1) is 5.60 Å². The lowest BCUT2D eigenvalue weighted by Crippen LogP contribution is -2.56. The second kappa shape index (κ2) is 5.07. The second-order valence-electron chi connectivity index (χ2n) is 9.78. The van der Waals surface area contributed by atoms with Crippen molar-refractivity contribution in [3.8, 4) is 0 Å². The summed E-state index contributed by atoms with van der Waals surface area (Å²) >= 11 is 0. The number of fused-ring (bicyclic) bond motifs is 5. The fourth-order valence-electron chi connectivity index (χ4n) is 7.74. The van der Waals surface area contributed by atoms with Gasteiger partial charge in [0.25, 0.3) is 0 Å². The van der Waals surface area contributed by atoms with E-state index in [0.717, 1.165) is 43.9 Å². The maximum atomic E-state index is 11.9. The van der Waals surface area contributed by atoms with Crippen molar-refractivity contribution in [2.24, 2.45) is 34.5 Å². The zero-order valence-electron chi connectivity index (χ0n) is 15.2. The predicted octanol–water partition coefficient (Wildman–Crippen LogP) is 4.74. The van der Waals surface area contributed by atoms with E-state index in [9.17, 15) is 9.90 Å². The Labute approximate surface area is 141 Å². The summed E-state index contributed by atoms with van der Waals surface area (Å²) in [5.74, 6) is 3.45. The van der Waals surface area contributed by atoms with Gasteiger partial charge in [-0.2, -0.15) is 0 Å². The largest absolute Gasteiger partial charge is 0.389 e. The van der Waals surface area contributed by atoms with Crippen LogP contribution in [0.2, 0.25) is 0 Å². The van der Waals surface area contributed by atoms with E-state index in [4.69, 9.17) is 0 Å². The molecule has 0 radical (unpaired) electrons. The highest BCUT2D eigenvalue weighted by atomic mass is 16.3. The van der Waals surface area contributed by atoms with Crippen LogP contribution in [0.5, 0.6) is 0 Å². The van der Waals surface area contributed by atoms with E-state index in [0.29, 0.717) is 23.0 Å². The molecule has 1 N–H and O–H groups in total. The zero-order chi connectivity index (χ0) is 16.5. The van der Waals surface area contributed by atoms with Gasteiger partial charge in [0.15, 0.2) is 0 Å². The van der Waals surface area contributed by atoms with Gasteiger partial charge in [-0.3, -0.25) is 4.79 Å². The summed E-state index contributed by atoms with van der Waals surface area (Å²) in [7, 11) is 0. The lowest BCUT2D eigenvalue weighted by molar-refractivity contribution is -0.157. The van der Waals surface area contributed by atoms with Gasteiger partial charge in [0, 0.05) is 12.8 Å². The van der Waals surface area contributed by atoms with Gasteiger partial charge in [-0.25, -0.2) is 0 Å². The summed E-state index contributed by atoms with van der Waals surface area (Å²) in [6.07, 6.45) is 11.0. The maximum Gasteiger partial charge on any atom is 0.133 e. The van der Waals surface area contributed by atoms with Crippen LogP contribution in [-0.4, -0.2) is 16.5 Å². The topological polar surface area (TPSA) is 37.3 Å². The van der Waals surface area contributed by atoms with Crippen LogP contribution >= 0.6 is 0 Å². The van der Waals surface area contributed by atoms with Gasteiger partial charge in [-0.15, -0.1) is 0 Å². The molecule has 7 atom stereocenters. The smallest absolute Gasteiger partial charge is 0.133 e. The highest BCUT2D eigenvalue weighted by Gasteiger charge is 2.63. The third-order valence-corrected chi connectivity index (χ3v) is 9.39. The van der Waals surface area contributed by atoms with E-state index in [2.05, 4.69) is 20.8 Å². The average molecular weight is 319 g/mol. The molecule has 4 saturated carbocycles. The average Bonchev–Trinajstić information content (AvgIpc) is 2.80. The molecule has 0 amide bonds. The Hall–Kier alpha value is -0.370. The third kappa shape index (κ3) is 2.00. The minimum Gasteiger partial charge on any atom is -0.389 e. The van der Waals surface area contributed by atoms with Crippen LogP contribution < -0.4 is 0 Å². The standard InChI is InChI=1S/C21H34O2/c1-4-21(23)12-9-18-16-6-5-14-13-15(22)7-10-19(14,2)17(16)8-11-20(18,21)3/h14,16-18,23H,4-13H2,1-3H3/t14?,16-,17+,18+,19+,20+,21-/m1/s1. The molecule has 23 heavy (non-hydrogen) atoms. The molecule has 0 aromatic rings. The van der Waals surface area contributed by atoms with Crippen molar-refractivity contribution in [1.29, 1.82) is 0 Å². The number of Topliss-reactive ketones (excluding diaryl/α,β-unsaturated/α-hetero) is 1. The van der Waals surface area contributed by atoms with Crippen molar-refractivity contribution >= 4 is 5.78 Å². The number of carbonyl (C=O) groups is 1. The van der Waals surface area contributed by atoms with Gasteiger partial charge in [-0.05, 0) is 85.9 Å². The summed E-state index contributed by atoms with van der Waals surface area (Å²) in [4.78, 5) is 11.9. The van der Waals surface area contributed by atoms with Crippen LogP contribution in [0.4, 0.5) is 0 Å². The Morgan fingerprint density at radius 3 is 2.52 bits per heavy atom. The van der Waals surface area contributed by atoms with E-state index in [1.807, 2.05) is 0 Å². The minimum absolute atomic E-state index is 0.136.